The van der Waals surface area contributed by atoms with E-state index in [0.29, 0.717) is 26.2 Å². The quantitative estimate of drug-likeness (QED) is 0.184. The molecular formula is C22H51N5O8S2. The normalized spacial score (nSPS) is 18.7. The molecule has 13 nitrogen and oxygen atoms in total. The van der Waals surface area contributed by atoms with Gasteiger partial charge in [-0.1, -0.05) is 20.8 Å². The zero-order valence-corrected chi connectivity index (χ0v) is 24.5. The van der Waals surface area contributed by atoms with Crippen LogP contribution >= 0.6 is 0 Å². The van der Waals surface area contributed by atoms with Crippen LogP contribution in [0.1, 0.15) is 20.8 Å². The van der Waals surface area contributed by atoms with Crippen LogP contribution in [0.3, 0.4) is 0 Å². The van der Waals surface area contributed by atoms with E-state index in [4.69, 9.17) is 19.3 Å². The molecule has 0 aromatic heterocycles. The van der Waals surface area contributed by atoms with Crippen LogP contribution in [0.2, 0.25) is 0 Å². The summed E-state index contributed by atoms with van der Waals surface area (Å²) in [7, 11) is -7.69. The lowest BCUT2D eigenvalue weighted by molar-refractivity contribution is 0.116. The van der Waals surface area contributed by atoms with Gasteiger partial charge < -0.3 is 15.1 Å². The molecule has 2 fully saturated rings. The molecule has 4 N–H and O–H groups in total. The summed E-state index contributed by atoms with van der Waals surface area (Å²) in [5, 5.41) is 17.5. The van der Waals surface area contributed by atoms with E-state index in [1.165, 1.54) is 19.6 Å². The van der Waals surface area contributed by atoms with Crippen molar-refractivity contribution in [1.82, 2.24) is 24.5 Å². The van der Waals surface area contributed by atoms with Gasteiger partial charge in [0.1, 0.15) is 0 Å². The van der Waals surface area contributed by atoms with Crippen LogP contribution in [-0.2, 0) is 20.2 Å². The van der Waals surface area contributed by atoms with E-state index in [1.54, 1.807) is 0 Å². The molecule has 0 saturated carbocycles. The van der Waals surface area contributed by atoms with Crippen molar-refractivity contribution in [2.45, 2.75) is 20.8 Å². The zero-order valence-electron chi connectivity index (χ0n) is 22.9. The van der Waals surface area contributed by atoms with E-state index in [1.807, 2.05) is 9.80 Å². The van der Waals surface area contributed by atoms with E-state index in [2.05, 4.69) is 35.5 Å². The number of aliphatic hydroxyl groups is 2. The molecule has 0 amide bonds. The van der Waals surface area contributed by atoms with Gasteiger partial charge in [0.2, 0.25) is 0 Å². The predicted octanol–water partition coefficient (Wildman–Crippen LogP) is -1.68. The van der Waals surface area contributed by atoms with E-state index in [-0.39, 0.29) is 24.7 Å². The van der Waals surface area contributed by atoms with Crippen LogP contribution in [0, 0.1) is 0 Å². The molecule has 0 aromatic rings. The first-order valence-electron chi connectivity index (χ1n) is 13.1. The Labute approximate surface area is 224 Å². The summed E-state index contributed by atoms with van der Waals surface area (Å²) in [6, 6.07) is 0. The average molecular weight is 578 g/mol. The van der Waals surface area contributed by atoms with Gasteiger partial charge in [0.15, 0.2) is 0 Å². The largest absolute Gasteiger partial charge is 0.395 e. The molecule has 0 spiro atoms. The Balaban J connectivity index is 0.000000563. The Morgan fingerprint density at radius 2 is 0.784 bits per heavy atom. The molecule has 0 aromatic carbocycles. The summed E-state index contributed by atoms with van der Waals surface area (Å²) in [6.07, 6.45) is 0. The summed E-state index contributed by atoms with van der Waals surface area (Å²) in [4.78, 5) is 10.6. The minimum absolute atomic E-state index is 0.158. The van der Waals surface area contributed by atoms with Gasteiger partial charge in [0.25, 0.3) is 20.2 Å². The van der Waals surface area contributed by atoms with Gasteiger partial charge in [-0.05, 0) is 19.6 Å². The minimum Gasteiger partial charge on any atom is -0.395 e. The molecule has 0 aliphatic carbocycles. The Morgan fingerprint density at radius 3 is 0.946 bits per heavy atom. The smallest absolute Gasteiger partial charge is 0.266 e. The lowest BCUT2D eigenvalue weighted by atomic mass is 10.3. The molecule has 15 heteroatoms. The third-order valence-corrected chi connectivity index (χ3v) is 7.83. The van der Waals surface area contributed by atoms with Gasteiger partial charge in [0.05, 0.1) is 24.7 Å². The molecule has 2 saturated heterocycles. The van der Waals surface area contributed by atoms with Crippen LogP contribution in [0.5, 0.6) is 0 Å². The van der Waals surface area contributed by atoms with E-state index in [0.717, 1.165) is 52.4 Å². The van der Waals surface area contributed by atoms with Crippen LogP contribution < -0.4 is 0 Å². The maximum atomic E-state index is 10.5. The van der Waals surface area contributed by atoms with E-state index < -0.39 is 20.2 Å². The van der Waals surface area contributed by atoms with Gasteiger partial charge in [0, 0.05) is 78.5 Å². The van der Waals surface area contributed by atoms with Gasteiger partial charge >= 0.3 is 0 Å². The van der Waals surface area contributed by atoms with Crippen molar-refractivity contribution in [1.29, 1.82) is 0 Å². The lowest BCUT2D eigenvalue weighted by Crippen LogP contribution is -2.48. The molecule has 2 aliphatic rings. The summed E-state index contributed by atoms with van der Waals surface area (Å²) in [5.41, 5.74) is 0. The number of nitrogens with zero attached hydrogens (tertiary/aromatic N) is 5. The van der Waals surface area contributed by atoms with Crippen LogP contribution in [0.25, 0.3) is 0 Å². The molecule has 2 rings (SSSR count). The molecule has 0 unspecified atom stereocenters. The standard InChI is InChI=1S/2C8H18N2O4S.C6H15N/c2*11-7-5-9-1-3-10(4-2-9)6-8-15(12,13)14;1-4-7(5-2)6-3/h2*11H,1-8H2,(H,12,13,14);4-6H2,1-3H3. The van der Waals surface area contributed by atoms with Crippen molar-refractivity contribution in [3.8, 4) is 0 Å². The topological polar surface area (TPSA) is 165 Å². The lowest BCUT2D eigenvalue weighted by Gasteiger charge is -2.33. The fraction of sp³-hybridized carbons (Fsp3) is 1.00. The highest BCUT2D eigenvalue weighted by Gasteiger charge is 2.18. The number of rotatable bonds is 13. The SMILES string of the molecule is CCN(CC)CC.O=S(=O)(O)CCN1CCN(CCO)CC1.O=S(=O)(O)CCN1CCN(CCO)CC1. The summed E-state index contributed by atoms with van der Waals surface area (Å²) in [5.74, 6) is -0.403. The first-order chi connectivity index (χ1) is 17.4. The number of hydrogen-bond donors (Lipinski definition) is 4. The third-order valence-electron chi connectivity index (χ3n) is 6.43. The Bertz CT molecular complexity index is 690. The zero-order chi connectivity index (χ0) is 28.3. The number of β-amino-alcohol motifs (C(OH)–C–C–N with tert-alkyl or cyclic N) is 2. The Morgan fingerprint density at radius 1 is 0.541 bits per heavy atom. The highest BCUT2D eigenvalue weighted by molar-refractivity contribution is 7.86. The maximum absolute atomic E-state index is 10.5. The highest BCUT2D eigenvalue weighted by Crippen LogP contribution is 2.02. The van der Waals surface area contributed by atoms with Crippen molar-refractivity contribution in [3.05, 3.63) is 0 Å². The van der Waals surface area contributed by atoms with Crippen LogP contribution in [-0.4, -0.2) is 184 Å². The van der Waals surface area contributed by atoms with Crippen LogP contribution in [0.15, 0.2) is 0 Å². The molecule has 37 heavy (non-hydrogen) atoms. The summed E-state index contributed by atoms with van der Waals surface area (Å²) < 4.78 is 59.3. The fourth-order valence-corrected chi connectivity index (χ4v) is 4.89. The van der Waals surface area contributed by atoms with Gasteiger partial charge in [-0.15, -0.1) is 0 Å². The Hall–Kier alpha value is -0.460. The highest BCUT2D eigenvalue weighted by atomic mass is 32.2. The van der Waals surface area contributed by atoms with Gasteiger partial charge in [-0.25, -0.2) is 0 Å². The first-order valence-corrected chi connectivity index (χ1v) is 16.3. The predicted molar refractivity (Wildman–Crippen MR) is 146 cm³/mol. The minimum atomic E-state index is -3.84. The Kier molecular flexibility index (Phi) is 20.2. The van der Waals surface area contributed by atoms with Crippen molar-refractivity contribution >= 4 is 20.2 Å². The molecular weight excluding hydrogens is 526 g/mol. The van der Waals surface area contributed by atoms with Crippen molar-refractivity contribution in [3.63, 3.8) is 0 Å². The molecule has 0 radical (unpaired) electrons. The number of piperazine rings is 2. The third kappa shape index (κ3) is 21.1. The average Bonchev–Trinajstić information content (AvgIpc) is 2.85. The van der Waals surface area contributed by atoms with Gasteiger partial charge in [-0.2, -0.15) is 16.8 Å². The molecule has 2 aliphatic heterocycles. The molecule has 0 atom stereocenters. The number of aliphatic hydroxyl groups excluding tert-OH is 2. The molecule has 2 heterocycles. The summed E-state index contributed by atoms with van der Waals surface area (Å²) >= 11 is 0. The molecule has 0 bridgehead atoms. The second-order valence-electron chi connectivity index (χ2n) is 9.01. The second-order valence-corrected chi connectivity index (χ2v) is 12.1. The number of hydrogen-bond acceptors (Lipinski definition) is 11. The summed E-state index contributed by atoms with van der Waals surface area (Å²) in [6.45, 7) is 19.1. The van der Waals surface area contributed by atoms with E-state index in [9.17, 15) is 16.8 Å². The fourth-order valence-electron chi connectivity index (χ4n) is 3.92. The monoisotopic (exact) mass is 577 g/mol. The maximum Gasteiger partial charge on any atom is 0.266 e. The van der Waals surface area contributed by atoms with E-state index >= 15 is 0 Å². The van der Waals surface area contributed by atoms with Crippen molar-refractivity contribution < 1.29 is 36.2 Å². The first kappa shape index (κ1) is 36.5. The van der Waals surface area contributed by atoms with Gasteiger partial charge in [-0.3, -0.25) is 28.7 Å². The van der Waals surface area contributed by atoms with Crippen molar-refractivity contribution in [2.75, 3.05) is 123 Å². The van der Waals surface area contributed by atoms with Crippen molar-refractivity contribution in [2.24, 2.45) is 0 Å². The van der Waals surface area contributed by atoms with Crippen LogP contribution in [0.4, 0.5) is 0 Å². The molecule has 224 valence electrons. The second kappa shape index (κ2) is 20.4.